The Morgan fingerprint density at radius 2 is 1.29 bits per heavy atom. The first-order valence-electron chi connectivity index (χ1n) is 14.2. The van der Waals surface area contributed by atoms with Gasteiger partial charge in [0.1, 0.15) is 27.7 Å². The summed E-state index contributed by atoms with van der Waals surface area (Å²) >= 11 is 1.42. The van der Waals surface area contributed by atoms with Crippen molar-refractivity contribution in [2.75, 3.05) is 13.1 Å². The minimum absolute atomic E-state index is 0.0712. The van der Waals surface area contributed by atoms with E-state index in [1.165, 1.54) is 59.0 Å². The Morgan fingerprint density at radius 3 is 1.80 bits per heavy atom. The minimum Gasteiger partial charge on any atom is -0.274 e. The molecule has 2 aliphatic heterocycles. The maximum atomic E-state index is 13.0. The van der Waals surface area contributed by atoms with Crippen LogP contribution in [0.5, 0.6) is 0 Å². The number of piperidine rings is 2. The van der Waals surface area contributed by atoms with E-state index in [0.717, 1.165) is 45.7 Å². The highest BCUT2D eigenvalue weighted by molar-refractivity contribution is 7.89. The van der Waals surface area contributed by atoms with Gasteiger partial charge in [-0.25, -0.2) is 25.6 Å². The molecule has 1 aromatic heterocycles. The van der Waals surface area contributed by atoms with Gasteiger partial charge in [0.05, 0.1) is 15.8 Å². The fourth-order valence-corrected chi connectivity index (χ4v) is 9.29. The summed E-state index contributed by atoms with van der Waals surface area (Å²) in [5.41, 5.74) is 4.36. The quantitative estimate of drug-likeness (QED) is 0.374. The van der Waals surface area contributed by atoms with Crippen LogP contribution in [0.15, 0.2) is 58.3 Å². The zero-order valence-electron chi connectivity index (χ0n) is 24.6. The molecule has 3 aromatic rings. The van der Waals surface area contributed by atoms with Crippen LogP contribution >= 0.6 is 11.3 Å². The van der Waals surface area contributed by atoms with E-state index in [-0.39, 0.29) is 22.4 Å². The summed E-state index contributed by atoms with van der Waals surface area (Å²) in [6.07, 6.45) is 4.19. The van der Waals surface area contributed by atoms with Crippen LogP contribution in [-0.4, -0.2) is 66.6 Å². The monoisotopic (exact) mass is 684 g/mol. The van der Waals surface area contributed by atoms with Crippen molar-refractivity contribution >= 4 is 43.2 Å². The van der Waals surface area contributed by atoms with Crippen LogP contribution in [0.4, 0.5) is 8.78 Å². The van der Waals surface area contributed by atoms with Crippen LogP contribution in [0.25, 0.3) is 0 Å². The number of nitrogens with zero attached hydrogens (tertiary/aromatic N) is 4. The van der Waals surface area contributed by atoms with Crippen LogP contribution in [0.1, 0.15) is 61.5 Å². The molecule has 0 radical (unpaired) electrons. The summed E-state index contributed by atoms with van der Waals surface area (Å²) in [6.45, 7) is 3.72. The van der Waals surface area contributed by atoms with Crippen molar-refractivity contribution in [2.24, 2.45) is 0 Å². The van der Waals surface area contributed by atoms with Crippen molar-refractivity contribution in [3.8, 4) is 0 Å². The lowest BCUT2D eigenvalue weighted by molar-refractivity contribution is -0.130. The summed E-state index contributed by atoms with van der Waals surface area (Å²) in [4.78, 5) is 23.1. The number of hydrazine groups is 1. The SMILES string of the molecule is CC(=O)NNC(=O)[C@@H]1CCCCN1S(=O)(=O)c1ccc(F)cc1.Cc1nnc([C@@H]2CCCCN2S(=O)(=O)c2ccc(F)cc2)s1. The van der Waals surface area contributed by atoms with Gasteiger partial charge in [-0.1, -0.05) is 12.8 Å². The molecule has 0 aliphatic carbocycles. The molecular formula is C28H34F2N6O6S3. The highest BCUT2D eigenvalue weighted by atomic mass is 32.2. The predicted molar refractivity (Wildman–Crippen MR) is 161 cm³/mol. The third-order valence-corrected chi connectivity index (χ3v) is 12.0. The molecule has 2 aromatic carbocycles. The molecule has 45 heavy (non-hydrogen) atoms. The van der Waals surface area contributed by atoms with Crippen LogP contribution in [0, 0.1) is 18.6 Å². The summed E-state index contributed by atoms with van der Waals surface area (Å²) < 4.78 is 79.7. The maximum Gasteiger partial charge on any atom is 0.256 e. The Balaban J connectivity index is 0.000000205. The van der Waals surface area contributed by atoms with Gasteiger partial charge < -0.3 is 0 Å². The van der Waals surface area contributed by atoms with E-state index in [2.05, 4.69) is 21.0 Å². The molecule has 2 saturated heterocycles. The number of nitrogens with one attached hydrogen (secondary N) is 2. The fraction of sp³-hybridized carbons (Fsp3) is 0.429. The number of carbonyl (C=O) groups excluding carboxylic acids is 2. The largest absolute Gasteiger partial charge is 0.274 e. The Labute approximate surface area is 264 Å². The fourth-order valence-electron chi connectivity index (χ4n) is 5.06. The molecule has 0 unspecified atom stereocenters. The zero-order valence-corrected chi connectivity index (χ0v) is 27.1. The number of aromatic nitrogens is 2. The number of benzene rings is 2. The van der Waals surface area contributed by atoms with Gasteiger partial charge in [-0.05, 0) is 81.1 Å². The van der Waals surface area contributed by atoms with Crippen molar-refractivity contribution in [1.82, 2.24) is 29.7 Å². The maximum absolute atomic E-state index is 13.0. The molecule has 2 atom stereocenters. The van der Waals surface area contributed by atoms with Crippen molar-refractivity contribution in [1.29, 1.82) is 0 Å². The van der Waals surface area contributed by atoms with Crippen molar-refractivity contribution in [2.45, 2.75) is 74.2 Å². The van der Waals surface area contributed by atoms with Gasteiger partial charge in [0.15, 0.2) is 0 Å². The highest BCUT2D eigenvalue weighted by Gasteiger charge is 2.38. The van der Waals surface area contributed by atoms with Crippen molar-refractivity contribution in [3.05, 3.63) is 70.2 Å². The molecule has 5 rings (SSSR count). The van der Waals surface area contributed by atoms with E-state index in [9.17, 15) is 35.2 Å². The molecule has 2 fully saturated rings. The van der Waals surface area contributed by atoms with Gasteiger partial charge >= 0.3 is 0 Å². The Hall–Kier alpha value is -3.38. The van der Waals surface area contributed by atoms with Gasteiger partial charge in [-0.3, -0.25) is 20.4 Å². The molecular weight excluding hydrogens is 651 g/mol. The van der Waals surface area contributed by atoms with E-state index in [4.69, 9.17) is 0 Å². The van der Waals surface area contributed by atoms with Gasteiger partial charge in [-0.2, -0.15) is 8.61 Å². The Kier molecular flexibility index (Phi) is 11.4. The third kappa shape index (κ3) is 8.46. The highest BCUT2D eigenvalue weighted by Crippen LogP contribution is 2.36. The summed E-state index contributed by atoms with van der Waals surface area (Å²) in [6, 6.07) is 8.21. The average molecular weight is 685 g/mol. The van der Waals surface area contributed by atoms with E-state index in [1.54, 1.807) is 0 Å². The number of halogens is 2. The third-order valence-electron chi connectivity index (χ3n) is 7.24. The van der Waals surface area contributed by atoms with Crippen LogP contribution in [-0.2, 0) is 29.6 Å². The Bertz CT molecular complexity index is 1700. The summed E-state index contributed by atoms with van der Waals surface area (Å²) in [5.74, 6) is -2.04. The van der Waals surface area contributed by atoms with Gasteiger partial charge in [0, 0.05) is 20.0 Å². The second kappa shape index (κ2) is 14.8. The van der Waals surface area contributed by atoms with E-state index >= 15 is 0 Å². The first kappa shape index (κ1) is 34.5. The van der Waals surface area contributed by atoms with Crippen molar-refractivity contribution in [3.63, 3.8) is 0 Å². The zero-order chi connectivity index (χ0) is 32.8. The molecule has 12 nitrogen and oxygen atoms in total. The predicted octanol–water partition coefficient (Wildman–Crippen LogP) is 3.44. The minimum atomic E-state index is -3.92. The van der Waals surface area contributed by atoms with Crippen LogP contribution in [0.2, 0.25) is 0 Å². The van der Waals surface area contributed by atoms with Gasteiger partial charge in [-0.15, -0.1) is 21.5 Å². The number of hydrogen-bond acceptors (Lipinski definition) is 9. The second-order valence-electron chi connectivity index (χ2n) is 10.5. The summed E-state index contributed by atoms with van der Waals surface area (Å²) in [7, 11) is -7.58. The lowest BCUT2D eigenvalue weighted by Crippen LogP contribution is -2.55. The average Bonchev–Trinajstić information content (AvgIpc) is 3.46. The smallest absolute Gasteiger partial charge is 0.256 e. The molecule has 2 amide bonds. The Morgan fingerprint density at radius 1 is 0.778 bits per heavy atom. The normalized spacial score (nSPS) is 19.6. The van der Waals surface area contributed by atoms with E-state index in [1.807, 2.05) is 6.92 Å². The first-order valence-corrected chi connectivity index (χ1v) is 17.9. The van der Waals surface area contributed by atoms with E-state index < -0.39 is 49.5 Å². The molecule has 2 aliphatic rings. The number of hydrogen-bond donors (Lipinski definition) is 2. The standard InChI is InChI=1S/C14H18FN3O4S.C14H16FN3O2S2/c1-10(19)16-17-14(20)13-4-2-3-9-18(13)23(21,22)12-7-5-11(15)6-8-12;1-10-16-17-14(21-10)13-4-2-3-9-18(13)22(19,20)12-7-5-11(15)6-8-12/h5-8,13H,2-4,9H2,1H3,(H,16,19)(H,17,20);5-8,13H,2-4,9H2,1H3/t2*13-/m00/s1. The first-order chi connectivity index (χ1) is 21.3. The number of carbonyl (C=O) groups is 2. The van der Waals surface area contributed by atoms with Gasteiger partial charge in [0.2, 0.25) is 26.0 Å². The van der Waals surface area contributed by atoms with Gasteiger partial charge in [0.25, 0.3) is 5.91 Å². The molecule has 3 heterocycles. The second-order valence-corrected chi connectivity index (χ2v) is 15.5. The molecule has 0 spiro atoms. The lowest BCUT2D eigenvalue weighted by Gasteiger charge is -2.33. The van der Waals surface area contributed by atoms with Crippen LogP contribution < -0.4 is 10.9 Å². The molecule has 244 valence electrons. The van der Waals surface area contributed by atoms with Crippen molar-refractivity contribution < 1.29 is 35.2 Å². The van der Waals surface area contributed by atoms with E-state index in [0.29, 0.717) is 25.8 Å². The summed E-state index contributed by atoms with van der Waals surface area (Å²) in [5, 5.41) is 9.65. The number of aryl methyl sites for hydroxylation is 1. The number of amides is 2. The molecule has 17 heteroatoms. The molecule has 0 saturated carbocycles. The number of sulfonamides is 2. The molecule has 0 bridgehead atoms. The number of rotatable bonds is 6. The lowest BCUT2D eigenvalue weighted by atomic mass is 10.0. The van der Waals surface area contributed by atoms with Crippen LogP contribution in [0.3, 0.4) is 0 Å². The topological polar surface area (TPSA) is 159 Å². The molecule has 2 N–H and O–H groups in total.